The number of carbonyl (C=O) groups excluding carboxylic acids is 3. The van der Waals surface area contributed by atoms with Crippen LogP contribution in [0.3, 0.4) is 0 Å². The van der Waals surface area contributed by atoms with Crippen molar-refractivity contribution in [2.24, 2.45) is 17.4 Å². The molecule has 5 rings (SSSR count). The third-order valence-electron chi connectivity index (χ3n) is 9.50. The number of nitrogens with zero attached hydrogens (tertiary/aromatic N) is 1. The highest BCUT2D eigenvalue weighted by molar-refractivity contribution is 7.99. The molecule has 2 amide bonds. The van der Waals surface area contributed by atoms with Crippen LogP contribution in [0.1, 0.15) is 60.8 Å². The van der Waals surface area contributed by atoms with Crippen LogP contribution in [0, 0.1) is 12.8 Å². The van der Waals surface area contributed by atoms with E-state index in [0.29, 0.717) is 51.9 Å². The van der Waals surface area contributed by atoms with Crippen LogP contribution < -0.4 is 22.1 Å². The summed E-state index contributed by atoms with van der Waals surface area (Å²) >= 11 is 1.65. The summed E-state index contributed by atoms with van der Waals surface area (Å²) in [5.74, 6) is -1.03. The number of carbonyl (C=O) groups is 3. The normalized spacial score (nSPS) is 19.7. The molecule has 0 unspecified atom stereocenters. The van der Waals surface area contributed by atoms with E-state index >= 15 is 0 Å². The van der Waals surface area contributed by atoms with E-state index in [4.69, 9.17) is 11.5 Å². The minimum atomic E-state index is -0.790. The number of aryl methyl sites for hydroxylation is 1. The zero-order chi connectivity index (χ0) is 34.8. The average molecular weight is 683 g/mol. The number of rotatable bonds is 9. The quantitative estimate of drug-likeness (QED) is 0.152. The van der Waals surface area contributed by atoms with Gasteiger partial charge in [-0.25, -0.2) is 0 Å². The van der Waals surface area contributed by atoms with Crippen LogP contribution in [0.4, 0.5) is 0 Å². The van der Waals surface area contributed by atoms with Gasteiger partial charge in [-0.3, -0.25) is 14.4 Å². The Morgan fingerprint density at radius 1 is 0.857 bits per heavy atom. The zero-order valence-electron chi connectivity index (χ0n) is 28.7. The molecule has 9 nitrogen and oxygen atoms in total. The van der Waals surface area contributed by atoms with Crippen LogP contribution in [-0.4, -0.2) is 59.7 Å². The highest BCUT2D eigenvalue weighted by atomic mass is 32.2. The third kappa shape index (κ3) is 9.39. The molecule has 1 aromatic heterocycles. The lowest BCUT2D eigenvalue weighted by Gasteiger charge is -2.31. The Labute approximate surface area is 294 Å². The van der Waals surface area contributed by atoms with Crippen molar-refractivity contribution in [2.45, 2.75) is 86.8 Å². The van der Waals surface area contributed by atoms with Crippen LogP contribution >= 0.6 is 11.8 Å². The van der Waals surface area contributed by atoms with Crippen molar-refractivity contribution in [3.63, 3.8) is 0 Å². The molecule has 0 spiro atoms. The van der Waals surface area contributed by atoms with Crippen LogP contribution in [0.25, 0.3) is 10.9 Å². The minimum absolute atomic E-state index is 0.0131. The molecule has 2 heterocycles. The highest BCUT2D eigenvalue weighted by Gasteiger charge is 2.34. The second-order valence-corrected chi connectivity index (χ2v) is 14.2. The summed E-state index contributed by atoms with van der Waals surface area (Å²) in [5.41, 5.74) is 16.8. The summed E-state index contributed by atoms with van der Waals surface area (Å²) in [5, 5.41) is 7.73. The van der Waals surface area contributed by atoms with Gasteiger partial charge in [-0.05, 0) is 80.6 Å². The van der Waals surface area contributed by atoms with E-state index in [1.165, 1.54) is 0 Å². The van der Waals surface area contributed by atoms with E-state index in [0.717, 1.165) is 55.8 Å². The van der Waals surface area contributed by atoms with Crippen molar-refractivity contribution in [1.82, 2.24) is 20.5 Å². The first-order valence-corrected chi connectivity index (χ1v) is 18.2. The second-order valence-electron chi connectivity index (χ2n) is 13.1. The van der Waals surface area contributed by atoms with E-state index in [-0.39, 0.29) is 24.0 Å². The van der Waals surface area contributed by atoms with E-state index in [9.17, 15) is 14.4 Å². The zero-order valence-corrected chi connectivity index (χ0v) is 29.5. The first-order chi connectivity index (χ1) is 23.8. The monoisotopic (exact) mass is 682 g/mol. The number of hydrogen-bond donors (Lipinski definition) is 5. The number of aromatic nitrogens is 1. The van der Waals surface area contributed by atoms with Crippen molar-refractivity contribution in [3.8, 4) is 0 Å². The lowest BCUT2D eigenvalue weighted by atomic mass is 9.90. The molecule has 10 heteroatoms. The minimum Gasteiger partial charge on any atom is -0.361 e. The molecule has 0 fully saturated rings. The number of para-hydroxylation sites is 1. The second kappa shape index (κ2) is 17.6. The number of H-pyrrole nitrogens is 1. The van der Waals surface area contributed by atoms with Gasteiger partial charge in [0.25, 0.3) is 0 Å². The number of fused-ring (bicyclic) bond motifs is 3. The molecule has 0 bridgehead atoms. The Balaban J connectivity index is 1.55. The summed E-state index contributed by atoms with van der Waals surface area (Å²) in [6.45, 7) is 3.84. The van der Waals surface area contributed by atoms with Gasteiger partial charge in [0.05, 0.1) is 6.04 Å². The molecule has 1 aliphatic rings. The number of unbranched alkanes of at least 4 members (excludes halogenated alkanes) is 1. The van der Waals surface area contributed by atoms with Gasteiger partial charge in [0, 0.05) is 65.8 Å². The molecule has 0 aliphatic carbocycles. The first-order valence-electron chi connectivity index (χ1n) is 17.4. The molecule has 0 saturated heterocycles. The number of Topliss-reactive ketones (excluding diaryl/α,β-unsaturated/α-hetero) is 1. The van der Waals surface area contributed by atoms with Crippen molar-refractivity contribution in [2.75, 3.05) is 20.1 Å². The Morgan fingerprint density at radius 3 is 2.43 bits per heavy atom. The highest BCUT2D eigenvalue weighted by Crippen LogP contribution is 2.34. The van der Waals surface area contributed by atoms with Gasteiger partial charge in [-0.2, -0.15) is 0 Å². The molecule has 7 N–H and O–H groups in total. The molecule has 0 radical (unpaired) electrons. The summed E-state index contributed by atoms with van der Waals surface area (Å²) in [6.07, 6.45) is 5.58. The largest absolute Gasteiger partial charge is 0.361 e. The molecule has 260 valence electrons. The molecular weight excluding hydrogens is 633 g/mol. The summed E-state index contributed by atoms with van der Waals surface area (Å²) < 4.78 is 0. The third-order valence-corrected chi connectivity index (χ3v) is 10.7. The fraction of sp³-hybridized carbons (Fsp3) is 0.410. The number of nitrogens with one attached hydrogen (secondary N) is 3. The van der Waals surface area contributed by atoms with Gasteiger partial charge >= 0.3 is 0 Å². The Morgan fingerprint density at radius 2 is 1.61 bits per heavy atom. The number of amides is 2. The number of aromatic amines is 1. The van der Waals surface area contributed by atoms with E-state index < -0.39 is 18.0 Å². The molecule has 4 aromatic rings. The van der Waals surface area contributed by atoms with Gasteiger partial charge in [0.1, 0.15) is 6.04 Å². The summed E-state index contributed by atoms with van der Waals surface area (Å²) in [6, 6.07) is 21.2. The number of benzene rings is 3. The first kappa shape index (κ1) is 36.3. The lowest BCUT2D eigenvalue weighted by Crippen LogP contribution is -2.51. The topological polar surface area (TPSA) is 146 Å². The van der Waals surface area contributed by atoms with Crippen LogP contribution in [-0.2, 0) is 33.9 Å². The summed E-state index contributed by atoms with van der Waals surface area (Å²) in [7, 11) is 1.70. The van der Waals surface area contributed by atoms with Crippen LogP contribution in [0.2, 0.25) is 0 Å². The SMILES string of the molecule is Cc1ccc2c(c1)CNC(=O)[C@H](Cc1c[nH]c3ccccc13)N(C)C(=O)[C@H](CCCCN)CC(=O)[C@H](CCCN)NCc1ccccc1S2. The Kier molecular flexibility index (Phi) is 13.1. The van der Waals surface area contributed by atoms with Crippen LogP contribution in [0.15, 0.2) is 82.7 Å². The molecule has 0 saturated carbocycles. The Bertz CT molecular complexity index is 1740. The number of hydrogen-bond acceptors (Lipinski definition) is 7. The van der Waals surface area contributed by atoms with Gasteiger partial charge < -0.3 is 32.0 Å². The Hall–Kier alpha value is -3.96. The molecule has 49 heavy (non-hydrogen) atoms. The predicted molar refractivity (Wildman–Crippen MR) is 197 cm³/mol. The van der Waals surface area contributed by atoms with Crippen molar-refractivity contribution in [3.05, 3.63) is 95.2 Å². The average Bonchev–Trinajstić information content (AvgIpc) is 3.52. The van der Waals surface area contributed by atoms with Gasteiger partial charge in [-0.1, -0.05) is 72.3 Å². The van der Waals surface area contributed by atoms with Crippen molar-refractivity contribution in [1.29, 1.82) is 0 Å². The summed E-state index contributed by atoms with van der Waals surface area (Å²) in [4.78, 5) is 49.7. The number of nitrogens with two attached hydrogens (primary N) is 2. The van der Waals surface area contributed by atoms with E-state index in [2.05, 4.69) is 45.9 Å². The fourth-order valence-electron chi connectivity index (χ4n) is 6.63. The lowest BCUT2D eigenvalue weighted by molar-refractivity contribution is -0.143. The smallest absolute Gasteiger partial charge is 0.243 e. The van der Waals surface area contributed by atoms with Crippen molar-refractivity contribution < 1.29 is 14.4 Å². The maximum atomic E-state index is 14.4. The number of likely N-dealkylation sites (N-methyl/N-ethyl adjacent to an activating group) is 1. The predicted octanol–water partition coefficient (Wildman–Crippen LogP) is 5.23. The standard InChI is InChI=1S/C39H50N6O3S/c1-26-16-17-37-30(20-26)25-44-38(47)34(21-29-24-42-32-13-5-4-12-31(29)32)45(2)39(48)27(10-7-8-18-40)22-35(46)33(14-9-19-41)43-23-28-11-3-6-15-36(28)49-37/h3-6,11-13,15-17,20,24,27,33-34,42-43H,7-10,14,18-19,21-23,25,40-41H2,1-2H3,(H,44,47)/t27-,33+,34+/m1/s1. The van der Waals surface area contributed by atoms with E-state index in [1.54, 1.807) is 23.7 Å². The van der Waals surface area contributed by atoms with Gasteiger partial charge in [0.15, 0.2) is 5.78 Å². The molecular formula is C39H50N6O3S. The van der Waals surface area contributed by atoms with Gasteiger partial charge in [0.2, 0.25) is 11.8 Å². The molecule has 3 aromatic carbocycles. The maximum Gasteiger partial charge on any atom is 0.243 e. The molecule has 1 aliphatic heterocycles. The fourth-order valence-corrected chi connectivity index (χ4v) is 7.69. The van der Waals surface area contributed by atoms with Gasteiger partial charge in [-0.15, -0.1) is 0 Å². The van der Waals surface area contributed by atoms with Crippen molar-refractivity contribution >= 4 is 40.3 Å². The maximum absolute atomic E-state index is 14.4. The van der Waals surface area contributed by atoms with E-state index in [1.807, 2.05) is 49.5 Å². The number of ketones is 1. The molecule has 3 atom stereocenters. The van der Waals surface area contributed by atoms with Crippen LogP contribution in [0.5, 0.6) is 0 Å².